The number of para-hydroxylation sites is 3. The van der Waals surface area contributed by atoms with Crippen LogP contribution in [0.25, 0.3) is 80.7 Å². The van der Waals surface area contributed by atoms with Crippen molar-refractivity contribution in [2.75, 3.05) is 4.90 Å². The Morgan fingerprint density at radius 2 is 1.05 bits per heavy atom. The Bertz CT molecular complexity index is 3190. The normalized spacial score (nSPS) is 11.6. The zero-order valence-electron chi connectivity index (χ0n) is 29.9. The Hall–Kier alpha value is -6.94. The van der Waals surface area contributed by atoms with Crippen molar-refractivity contribution in [2.24, 2.45) is 0 Å². The van der Waals surface area contributed by atoms with E-state index in [4.69, 9.17) is 0 Å². The molecule has 11 rings (SSSR count). The molecule has 55 heavy (non-hydrogen) atoms. The van der Waals surface area contributed by atoms with E-state index in [1.54, 1.807) is 0 Å². The molecule has 0 bridgehead atoms. The lowest BCUT2D eigenvalue weighted by Crippen LogP contribution is -2.11. The van der Waals surface area contributed by atoms with Gasteiger partial charge in [0.25, 0.3) is 0 Å². The summed E-state index contributed by atoms with van der Waals surface area (Å²) in [7, 11) is 0. The fraction of sp³-hybridized carbons (Fsp3) is 0. The van der Waals surface area contributed by atoms with Gasteiger partial charge in [-0.3, -0.25) is 0 Å². The molecule has 2 nitrogen and oxygen atoms in total. The molecule has 2 aromatic heterocycles. The number of nitrogens with zero attached hydrogens (tertiary/aromatic N) is 2. The van der Waals surface area contributed by atoms with Gasteiger partial charge in [0.15, 0.2) is 0 Å². The van der Waals surface area contributed by atoms with Gasteiger partial charge in [-0.25, -0.2) is 0 Å². The predicted molar refractivity (Wildman–Crippen MR) is 237 cm³/mol. The minimum Gasteiger partial charge on any atom is -0.309 e. The van der Waals surface area contributed by atoms with Crippen LogP contribution in [-0.2, 0) is 0 Å². The molecule has 3 heteroatoms. The van der Waals surface area contributed by atoms with Crippen molar-refractivity contribution in [3.8, 4) is 27.9 Å². The summed E-state index contributed by atoms with van der Waals surface area (Å²) in [6, 6.07) is 75.1. The van der Waals surface area contributed by atoms with E-state index in [0.29, 0.717) is 0 Å². The Kier molecular flexibility index (Phi) is 7.39. The fourth-order valence-corrected chi connectivity index (χ4v) is 9.71. The third-order valence-corrected chi connectivity index (χ3v) is 12.2. The van der Waals surface area contributed by atoms with Crippen LogP contribution in [0.3, 0.4) is 0 Å². The monoisotopic (exact) mass is 718 g/mol. The van der Waals surface area contributed by atoms with Gasteiger partial charge in [0, 0.05) is 47.9 Å². The van der Waals surface area contributed by atoms with Gasteiger partial charge in [-0.05, 0) is 88.1 Å². The van der Waals surface area contributed by atoms with E-state index >= 15 is 0 Å². The molecule has 0 radical (unpaired) electrons. The van der Waals surface area contributed by atoms with Crippen LogP contribution >= 0.6 is 11.3 Å². The van der Waals surface area contributed by atoms with Gasteiger partial charge >= 0.3 is 0 Å². The van der Waals surface area contributed by atoms with Gasteiger partial charge in [0.1, 0.15) is 0 Å². The minimum atomic E-state index is 1.10. The largest absolute Gasteiger partial charge is 0.309 e. The van der Waals surface area contributed by atoms with E-state index in [9.17, 15) is 0 Å². The summed E-state index contributed by atoms with van der Waals surface area (Å²) in [5.41, 5.74) is 11.6. The van der Waals surface area contributed by atoms with Gasteiger partial charge in [-0.1, -0.05) is 146 Å². The third-order valence-electron chi connectivity index (χ3n) is 11.0. The van der Waals surface area contributed by atoms with Crippen molar-refractivity contribution in [2.45, 2.75) is 0 Å². The van der Waals surface area contributed by atoms with Crippen molar-refractivity contribution in [1.82, 2.24) is 4.57 Å². The number of rotatable bonds is 6. The number of benzene rings is 9. The van der Waals surface area contributed by atoms with Crippen LogP contribution in [0.4, 0.5) is 17.1 Å². The SMILES string of the molecule is c1ccc(-c2ccccc2N(c2ccc(-c3ccc4c(ccc5c6ccccc6sc45)c3)cc2)c2cccc3c2c2ccccc2n3-c2ccccc2)cc1. The first kappa shape index (κ1) is 31.6. The van der Waals surface area contributed by atoms with Crippen LogP contribution in [0.1, 0.15) is 0 Å². The van der Waals surface area contributed by atoms with E-state index in [1.807, 2.05) is 11.3 Å². The number of anilines is 3. The molecule has 258 valence electrons. The lowest BCUT2D eigenvalue weighted by Gasteiger charge is -2.29. The Morgan fingerprint density at radius 3 is 1.91 bits per heavy atom. The lowest BCUT2D eigenvalue weighted by molar-refractivity contribution is 1.18. The second kappa shape index (κ2) is 12.9. The first-order chi connectivity index (χ1) is 27.3. The number of hydrogen-bond donors (Lipinski definition) is 0. The predicted octanol–water partition coefficient (Wildman–Crippen LogP) is 15.1. The molecule has 0 aliphatic rings. The number of hydrogen-bond acceptors (Lipinski definition) is 2. The zero-order valence-corrected chi connectivity index (χ0v) is 30.7. The molecule has 2 heterocycles. The maximum absolute atomic E-state index is 2.45. The summed E-state index contributed by atoms with van der Waals surface area (Å²) in [6.45, 7) is 0. The lowest BCUT2D eigenvalue weighted by atomic mass is 9.98. The van der Waals surface area contributed by atoms with Gasteiger partial charge < -0.3 is 9.47 Å². The van der Waals surface area contributed by atoms with Crippen LogP contribution in [0.5, 0.6) is 0 Å². The molecule has 0 aliphatic carbocycles. The maximum atomic E-state index is 2.45. The average Bonchev–Trinajstić information content (AvgIpc) is 3.81. The second-order valence-corrected chi connectivity index (χ2v) is 15.2. The van der Waals surface area contributed by atoms with Gasteiger partial charge in [-0.2, -0.15) is 0 Å². The quantitative estimate of drug-likeness (QED) is 0.166. The number of aromatic nitrogens is 1. The van der Waals surface area contributed by atoms with Crippen LogP contribution in [-0.4, -0.2) is 4.57 Å². The molecule has 0 aliphatic heterocycles. The summed E-state index contributed by atoms with van der Waals surface area (Å²) < 4.78 is 5.09. The summed E-state index contributed by atoms with van der Waals surface area (Å²) in [5, 5.41) is 7.69. The Morgan fingerprint density at radius 1 is 0.400 bits per heavy atom. The van der Waals surface area contributed by atoms with E-state index in [-0.39, 0.29) is 0 Å². The van der Waals surface area contributed by atoms with Crippen molar-refractivity contribution >= 4 is 81.1 Å². The van der Waals surface area contributed by atoms with Crippen LogP contribution < -0.4 is 4.90 Å². The van der Waals surface area contributed by atoms with Crippen LogP contribution in [0.15, 0.2) is 206 Å². The third kappa shape index (κ3) is 5.16. The van der Waals surface area contributed by atoms with Crippen molar-refractivity contribution < 1.29 is 0 Å². The summed E-state index contributed by atoms with van der Waals surface area (Å²) in [5.74, 6) is 0. The molecule has 0 amide bonds. The van der Waals surface area contributed by atoms with Crippen molar-refractivity contribution in [3.05, 3.63) is 206 Å². The molecule has 0 atom stereocenters. The topological polar surface area (TPSA) is 8.17 Å². The smallest absolute Gasteiger partial charge is 0.0562 e. The summed E-state index contributed by atoms with van der Waals surface area (Å²) in [4.78, 5) is 2.45. The first-order valence-electron chi connectivity index (χ1n) is 18.8. The molecular weight excluding hydrogens is 685 g/mol. The second-order valence-electron chi connectivity index (χ2n) is 14.1. The minimum absolute atomic E-state index is 1.10. The Labute approximate surface area is 323 Å². The van der Waals surface area contributed by atoms with E-state index < -0.39 is 0 Å². The molecule has 0 saturated carbocycles. The number of thiophene rings is 1. The van der Waals surface area contributed by atoms with Gasteiger partial charge in [0.2, 0.25) is 0 Å². The van der Waals surface area contributed by atoms with E-state index in [0.717, 1.165) is 22.7 Å². The highest BCUT2D eigenvalue weighted by molar-refractivity contribution is 7.26. The summed E-state index contributed by atoms with van der Waals surface area (Å²) >= 11 is 1.89. The highest BCUT2D eigenvalue weighted by Gasteiger charge is 2.23. The van der Waals surface area contributed by atoms with Gasteiger partial charge in [0.05, 0.1) is 22.4 Å². The van der Waals surface area contributed by atoms with E-state index in [1.165, 1.54) is 75.0 Å². The highest BCUT2D eigenvalue weighted by Crippen LogP contribution is 2.47. The molecular formula is C52H34N2S. The summed E-state index contributed by atoms with van der Waals surface area (Å²) in [6.07, 6.45) is 0. The standard InChI is InChI=1S/C52H34N2S/c1-3-14-36(15-4-1)41-18-7-10-21-46(41)54(49-24-13-23-48-51(49)45-20-8-11-22-47(45)53(48)39-16-5-2-6-17-39)40-30-26-35(27-31-40)37-28-32-42-38(34-37)29-33-44-43-19-9-12-25-50(43)55-52(42)44/h1-34H. The highest BCUT2D eigenvalue weighted by atomic mass is 32.1. The molecule has 0 saturated heterocycles. The maximum Gasteiger partial charge on any atom is 0.0562 e. The van der Waals surface area contributed by atoms with Crippen LogP contribution in [0, 0.1) is 0 Å². The fourth-order valence-electron chi connectivity index (χ4n) is 8.47. The number of fused-ring (bicyclic) bond motifs is 8. The molecule has 0 fully saturated rings. The van der Waals surface area contributed by atoms with Crippen molar-refractivity contribution in [1.29, 1.82) is 0 Å². The van der Waals surface area contributed by atoms with Crippen LogP contribution in [0.2, 0.25) is 0 Å². The van der Waals surface area contributed by atoms with Gasteiger partial charge in [-0.15, -0.1) is 11.3 Å². The molecule has 0 N–H and O–H groups in total. The molecule has 9 aromatic carbocycles. The first-order valence-corrected chi connectivity index (χ1v) is 19.6. The average molecular weight is 719 g/mol. The zero-order chi connectivity index (χ0) is 36.3. The Balaban J connectivity index is 1.10. The van der Waals surface area contributed by atoms with Crippen molar-refractivity contribution in [3.63, 3.8) is 0 Å². The molecule has 11 aromatic rings. The molecule has 0 spiro atoms. The molecule has 0 unspecified atom stereocenters. The van der Waals surface area contributed by atoms with E-state index in [2.05, 4.69) is 216 Å².